The number of fused-ring (bicyclic) bond motifs is 1. The molecule has 1 heterocycles. The number of nitrogens with zero attached hydrogens (tertiary/aromatic N) is 1. The van der Waals surface area contributed by atoms with Crippen LogP contribution in [0.4, 0.5) is 0 Å². The van der Waals surface area contributed by atoms with Crippen LogP contribution >= 0.6 is 0 Å². The molecule has 0 radical (unpaired) electrons. The molecule has 0 saturated heterocycles. The third-order valence-electron chi connectivity index (χ3n) is 6.43. The van der Waals surface area contributed by atoms with Gasteiger partial charge in [-0.1, -0.05) is 57.2 Å². The van der Waals surface area contributed by atoms with Gasteiger partial charge in [0.2, 0.25) is 0 Å². The molecule has 5 nitrogen and oxygen atoms in total. The van der Waals surface area contributed by atoms with Gasteiger partial charge in [-0.2, -0.15) is 0 Å². The van der Waals surface area contributed by atoms with Crippen molar-refractivity contribution >= 4 is 10.9 Å². The minimum atomic E-state index is 0.161. The quantitative estimate of drug-likeness (QED) is 0.217. The predicted molar refractivity (Wildman–Crippen MR) is 149 cm³/mol. The monoisotopic (exact) mass is 499 g/mol. The summed E-state index contributed by atoms with van der Waals surface area (Å²) in [5.41, 5.74) is 4.81. The summed E-state index contributed by atoms with van der Waals surface area (Å²) in [6.45, 7) is 7.47. The Balaban J connectivity index is 1.46. The number of ether oxygens (including phenoxy) is 3. The first-order valence-electron chi connectivity index (χ1n) is 12.9. The van der Waals surface area contributed by atoms with E-state index >= 15 is 0 Å². The SMILES string of the molecule is COc1cc2c(Oc3ccc(Cc4ccc(C(C)(C)C)cc4)cc3)ccnc2cc1OCCCCCO. The number of hydrogen-bond acceptors (Lipinski definition) is 5. The normalized spacial score (nSPS) is 11.5. The Hall–Kier alpha value is -3.57. The van der Waals surface area contributed by atoms with E-state index in [1.165, 1.54) is 16.7 Å². The molecule has 0 aliphatic carbocycles. The van der Waals surface area contributed by atoms with Crippen molar-refractivity contribution in [3.63, 3.8) is 0 Å². The number of methoxy groups -OCH3 is 1. The number of hydrogen-bond donors (Lipinski definition) is 1. The summed E-state index contributed by atoms with van der Waals surface area (Å²) in [5.74, 6) is 2.77. The highest BCUT2D eigenvalue weighted by atomic mass is 16.5. The van der Waals surface area contributed by atoms with Gasteiger partial charge in [0.05, 0.1) is 19.2 Å². The van der Waals surface area contributed by atoms with E-state index in [1.54, 1.807) is 13.3 Å². The lowest BCUT2D eigenvalue weighted by molar-refractivity contribution is 0.260. The van der Waals surface area contributed by atoms with Gasteiger partial charge in [-0.25, -0.2) is 0 Å². The second-order valence-electron chi connectivity index (χ2n) is 10.3. The lowest BCUT2D eigenvalue weighted by Crippen LogP contribution is -2.10. The van der Waals surface area contributed by atoms with Gasteiger partial charge in [-0.05, 0) is 72.1 Å². The van der Waals surface area contributed by atoms with Crippen molar-refractivity contribution in [2.45, 2.75) is 51.9 Å². The van der Waals surface area contributed by atoms with E-state index in [9.17, 15) is 0 Å². The second kappa shape index (κ2) is 12.1. The lowest BCUT2D eigenvalue weighted by atomic mass is 9.86. The van der Waals surface area contributed by atoms with Gasteiger partial charge >= 0.3 is 0 Å². The summed E-state index contributed by atoms with van der Waals surface area (Å²) in [6.07, 6.45) is 5.20. The van der Waals surface area contributed by atoms with E-state index in [2.05, 4.69) is 62.2 Å². The van der Waals surface area contributed by atoms with Crippen LogP contribution in [0.15, 0.2) is 72.9 Å². The standard InChI is InChI=1S/C32H37NO4/c1-32(2,3)25-12-8-23(9-13-25)20-24-10-14-26(15-11-24)37-29-16-17-33-28-22-31(30(35-4)21-27(28)29)36-19-7-5-6-18-34/h8-17,21-22,34H,5-7,18-20H2,1-4H3. The highest BCUT2D eigenvalue weighted by molar-refractivity contribution is 5.88. The number of unbranched alkanes of at least 4 members (excludes halogenated alkanes) is 2. The Morgan fingerprint density at radius 1 is 0.784 bits per heavy atom. The molecule has 0 spiro atoms. The zero-order valence-electron chi connectivity index (χ0n) is 22.3. The summed E-state index contributed by atoms with van der Waals surface area (Å²) in [5, 5.41) is 9.79. The molecular formula is C32H37NO4. The zero-order valence-corrected chi connectivity index (χ0v) is 22.3. The molecular weight excluding hydrogens is 462 g/mol. The Bertz CT molecular complexity index is 1290. The summed E-state index contributed by atoms with van der Waals surface area (Å²) in [7, 11) is 1.63. The smallest absolute Gasteiger partial charge is 0.163 e. The molecule has 0 unspecified atom stereocenters. The van der Waals surface area contributed by atoms with Gasteiger partial charge < -0.3 is 19.3 Å². The van der Waals surface area contributed by atoms with Crippen LogP contribution < -0.4 is 14.2 Å². The first-order chi connectivity index (χ1) is 17.9. The minimum Gasteiger partial charge on any atom is -0.493 e. The molecule has 0 amide bonds. The zero-order chi connectivity index (χ0) is 26.3. The molecule has 0 bridgehead atoms. The molecule has 1 N–H and O–H groups in total. The van der Waals surface area contributed by atoms with Gasteiger partial charge in [0.25, 0.3) is 0 Å². The van der Waals surface area contributed by atoms with Crippen LogP contribution in [0.2, 0.25) is 0 Å². The van der Waals surface area contributed by atoms with Gasteiger partial charge in [0.15, 0.2) is 11.5 Å². The molecule has 5 heteroatoms. The second-order valence-corrected chi connectivity index (χ2v) is 10.3. The number of rotatable bonds is 11. The first kappa shape index (κ1) is 26.5. The van der Waals surface area contributed by atoms with Crippen LogP contribution in [-0.2, 0) is 11.8 Å². The Labute approximate surface area is 220 Å². The number of aromatic nitrogens is 1. The Morgan fingerprint density at radius 2 is 1.49 bits per heavy atom. The molecule has 0 fully saturated rings. The van der Waals surface area contributed by atoms with Gasteiger partial charge in [-0.15, -0.1) is 0 Å². The molecule has 4 aromatic rings. The molecule has 194 valence electrons. The summed E-state index contributed by atoms with van der Waals surface area (Å²) >= 11 is 0. The molecule has 3 aromatic carbocycles. The van der Waals surface area contributed by atoms with E-state index < -0.39 is 0 Å². The summed E-state index contributed by atoms with van der Waals surface area (Å²) < 4.78 is 17.8. The topological polar surface area (TPSA) is 60.8 Å². The number of aliphatic hydroxyl groups is 1. The van der Waals surface area contributed by atoms with Crippen LogP contribution in [-0.4, -0.2) is 30.4 Å². The van der Waals surface area contributed by atoms with E-state index in [0.29, 0.717) is 23.9 Å². The van der Waals surface area contributed by atoms with Crippen LogP contribution in [0.5, 0.6) is 23.0 Å². The van der Waals surface area contributed by atoms with Crippen molar-refractivity contribution in [1.29, 1.82) is 0 Å². The van der Waals surface area contributed by atoms with Crippen molar-refractivity contribution < 1.29 is 19.3 Å². The third kappa shape index (κ3) is 7.01. The van der Waals surface area contributed by atoms with E-state index in [0.717, 1.165) is 42.3 Å². The van der Waals surface area contributed by atoms with Crippen LogP contribution in [0.1, 0.15) is 56.7 Å². The maximum atomic E-state index is 8.94. The first-order valence-corrected chi connectivity index (χ1v) is 12.9. The average Bonchev–Trinajstić information content (AvgIpc) is 2.89. The fraction of sp³-hybridized carbons (Fsp3) is 0.344. The Morgan fingerprint density at radius 3 is 2.14 bits per heavy atom. The van der Waals surface area contributed by atoms with Gasteiger partial charge in [-0.3, -0.25) is 4.98 Å². The van der Waals surface area contributed by atoms with Crippen LogP contribution in [0, 0.1) is 0 Å². The van der Waals surface area contributed by atoms with E-state index in [1.807, 2.05) is 30.3 Å². The average molecular weight is 500 g/mol. The van der Waals surface area contributed by atoms with Crippen LogP contribution in [0.25, 0.3) is 10.9 Å². The molecule has 0 aliphatic heterocycles. The van der Waals surface area contributed by atoms with Crippen molar-refractivity contribution in [2.24, 2.45) is 0 Å². The molecule has 1 aromatic heterocycles. The highest BCUT2D eigenvalue weighted by Gasteiger charge is 2.14. The Kier molecular flexibility index (Phi) is 8.67. The number of benzene rings is 3. The fourth-order valence-corrected chi connectivity index (χ4v) is 4.22. The van der Waals surface area contributed by atoms with Gasteiger partial charge in [0.1, 0.15) is 11.5 Å². The molecule has 0 atom stereocenters. The van der Waals surface area contributed by atoms with Crippen molar-refractivity contribution in [1.82, 2.24) is 4.98 Å². The van der Waals surface area contributed by atoms with Crippen molar-refractivity contribution in [3.8, 4) is 23.0 Å². The van der Waals surface area contributed by atoms with E-state index in [4.69, 9.17) is 19.3 Å². The maximum Gasteiger partial charge on any atom is 0.163 e. The minimum absolute atomic E-state index is 0.161. The molecule has 4 rings (SSSR count). The largest absolute Gasteiger partial charge is 0.493 e. The predicted octanol–water partition coefficient (Wildman–Crippen LogP) is 7.47. The molecule has 0 aliphatic rings. The van der Waals surface area contributed by atoms with Crippen molar-refractivity contribution in [3.05, 3.63) is 89.6 Å². The highest BCUT2D eigenvalue weighted by Crippen LogP contribution is 2.37. The summed E-state index contributed by atoms with van der Waals surface area (Å²) in [6, 6.07) is 22.8. The molecule has 37 heavy (non-hydrogen) atoms. The van der Waals surface area contributed by atoms with E-state index in [-0.39, 0.29) is 12.0 Å². The fourth-order valence-electron chi connectivity index (χ4n) is 4.22. The maximum absolute atomic E-state index is 8.94. The van der Waals surface area contributed by atoms with Gasteiger partial charge in [0, 0.05) is 24.3 Å². The molecule has 0 saturated carbocycles. The number of pyridine rings is 1. The number of aliphatic hydroxyl groups excluding tert-OH is 1. The third-order valence-corrected chi connectivity index (χ3v) is 6.43. The van der Waals surface area contributed by atoms with Crippen LogP contribution in [0.3, 0.4) is 0 Å². The lowest BCUT2D eigenvalue weighted by Gasteiger charge is -2.19. The summed E-state index contributed by atoms with van der Waals surface area (Å²) in [4.78, 5) is 4.51. The van der Waals surface area contributed by atoms with Crippen molar-refractivity contribution in [2.75, 3.05) is 20.3 Å².